The van der Waals surface area contributed by atoms with E-state index >= 15 is 0 Å². The number of likely N-dealkylation sites (tertiary alicyclic amines) is 1. The largest absolute Gasteiger partial charge is 0.491 e. The zero-order valence-electron chi connectivity index (χ0n) is 15.6. The third kappa shape index (κ3) is 5.19. The molecule has 26 heavy (non-hydrogen) atoms. The number of hydrogen-bond donors (Lipinski definition) is 1. The highest BCUT2D eigenvalue weighted by atomic mass is 16.5. The molecule has 3 rings (SSSR count). The predicted molar refractivity (Wildman–Crippen MR) is 99.2 cm³/mol. The lowest BCUT2D eigenvalue weighted by molar-refractivity contribution is -0.141. The van der Waals surface area contributed by atoms with Gasteiger partial charge in [0.05, 0.1) is 13.2 Å². The van der Waals surface area contributed by atoms with Gasteiger partial charge in [-0.25, -0.2) is 0 Å². The molecule has 0 aliphatic carbocycles. The molecule has 2 saturated heterocycles. The molecule has 2 aliphatic heterocycles. The number of nitrogens with zero attached hydrogens (tertiary/aromatic N) is 2. The average molecular weight is 362 g/mol. The molecule has 2 fully saturated rings. The van der Waals surface area contributed by atoms with Gasteiger partial charge >= 0.3 is 0 Å². The lowest BCUT2D eigenvalue weighted by Crippen LogP contribution is -2.48. The molecule has 6 heteroatoms. The Labute approximate surface area is 155 Å². The SMILES string of the molecule is Cc1ccccc1OCC(O)CN1CCC(C(=O)N2CCOCC2)CC1. The zero-order valence-corrected chi connectivity index (χ0v) is 15.6. The van der Waals surface area contributed by atoms with Crippen LogP contribution in [0.15, 0.2) is 24.3 Å². The predicted octanol–water partition coefficient (Wildman–Crippen LogP) is 1.31. The number of aliphatic hydroxyl groups excluding tert-OH is 1. The molecule has 1 N–H and O–H groups in total. The second-order valence-electron chi connectivity index (χ2n) is 7.24. The smallest absolute Gasteiger partial charge is 0.225 e. The van der Waals surface area contributed by atoms with Crippen LogP contribution in [0.4, 0.5) is 0 Å². The van der Waals surface area contributed by atoms with E-state index in [9.17, 15) is 9.90 Å². The summed E-state index contributed by atoms with van der Waals surface area (Å²) in [4.78, 5) is 16.7. The number of aliphatic hydroxyl groups is 1. The number of carbonyl (C=O) groups excluding carboxylic acids is 1. The van der Waals surface area contributed by atoms with Gasteiger partial charge in [0.15, 0.2) is 0 Å². The summed E-state index contributed by atoms with van der Waals surface area (Å²) >= 11 is 0. The molecule has 6 nitrogen and oxygen atoms in total. The van der Waals surface area contributed by atoms with Gasteiger partial charge < -0.3 is 24.4 Å². The monoisotopic (exact) mass is 362 g/mol. The maximum atomic E-state index is 12.6. The molecule has 1 aromatic carbocycles. The van der Waals surface area contributed by atoms with E-state index in [2.05, 4.69) is 4.90 Å². The van der Waals surface area contributed by atoms with Gasteiger partial charge in [0.1, 0.15) is 18.5 Å². The van der Waals surface area contributed by atoms with Gasteiger partial charge in [0.25, 0.3) is 0 Å². The normalized spacial score (nSPS) is 20.8. The Hall–Kier alpha value is -1.63. The van der Waals surface area contributed by atoms with Crippen molar-refractivity contribution in [3.05, 3.63) is 29.8 Å². The number of morpholine rings is 1. The molecular formula is C20H30N2O4. The van der Waals surface area contributed by atoms with E-state index in [-0.39, 0.29) is 18.4 Å². The standard InChI is InChI=1S/C20H30N2O4/c1-16-4-2-3-5-19(16)26-15-18(23)14-21-8-6-17(7-9-21)20(24)22-10-12-25-13-11-22/h2-5,17-18,23H,6-15H2,1H3. The lowest BCUT2D eigenvalue weighted by atomic mass is 9.95. The van der Waals surface area contributed by atoms with Crippen molar-refractivity contribution in [2.75, 3.05) is 52.5 Å². The second kappa shape index (κ2) is 9.35. The Kier molecular flexibility index (Phi) is 6.88. The Bertz CT molecular complexity index is 581. The summed E-state index contributed by atoms with van der Waals surface area (Å²) in [6.45, 7) is 7.31. The molecule has 0 saturated carbocycles. The summed E-state index contributed by atoms with van der Waals surface area (Å²) in [5.74, 6) is 1.21. The van der Waals surface area contributed by atoms with Crippen LogP contribution in [0.5, 0.6) is 5.75 Å². The highest BCUT2D eigenvalue weighted by Crippen LogP contribution is 2.21. The number of rotatable bonds is 6. The first-order chi connectivity index (χ1) is 12.6. The van der Waals surface area contributed by atoms with Crippen molar-refractivity contribution in [1.82, 2.24) is 9.80 Å². The number of para-hydroxylation sites is 1. The van der Waals surface area contributed by atoms with E-state index in [4.69, 9.17) is 9.47 Å². The van der Waals surface area contributed by atoms with Crippen molar-refractivity contribution in [2.24, 2.45) is 5.92 Å². The van der Waals surface area contributed by atoms with Crippen molar-refractivity contribution in [2.45, 2.75) is 25.9 Å². The molecule has 0 bridgehead atoms. The molecule has 1 aromatic rings. The van der Waals surface area contributed by atoms with Gasteiger partial charge in [0.2, 0.25) is 5.91 Å². The van der Waals surface area contributed by atoms with Gasteiger partial charge in [-0.05, 0) is 44.5 Å². The third-order valence-electron chi connectivity index (χ3n) is 5.25. The fourth-order valence-electron chi connectivity index (χ4n) is 3.66. The highest BCUT2D eigenvalue weighted by Gasteiger charge is 2.29. The van der Waals surface area contributed by atoms with E-state index in [1.807, 2.05) is 36.1 Å². The van der Waals surface area contributed by atoms with Crippen LogP contribution in [0.25, 0.3) is 0 Å². The van der Waals surface area contributed by atoms with Crippen molar-refractivity contribution >= 4 is 5.91 Å². The number of piperidine rings is 1. The number of hydrogen-bond acceptors (Lipinski definition) is 5. The van der Waals surface area contributed by atoms with Gasteiger partial charge in [-0.1, -0.05) is 18.2 Å². The van der Waals surface area contributed by atoms with E-state index in [0.29, 0.717) is 32.8 Å². The first kappa shape index (κ1) is 19.1. The summed E-state index contributed by atoms with van der Waals surface area (Å²) in [6.07, 6.45) is 1.20. The maximum absolute atomic E-state index is 12.6. The van der Waals surface area contributed by atoms with E-state index in [1.165, 1.54) is 0 Å². The van der Waals surface area contributed by atoms with Crippen LogP contribution in [-0.4, -0.2) is 79.5 Å². The first-order valence-corrected chi connectivity index (χ1v) is 9.59. The molecule has 0 spiro atoms. The van der Waals surface area contributed by atoms with E-state index in [1.54, 1.807) is 0 Å². The molecule has 1 atom stereocenters. The highest BCUT2D eigenvalue weighted by molar-refractivity contribution is 5.79. The third-order valence-corrected chi connectivity index (χ3v) is 5.25. The number of benzene rings is 1. The molecule has 144 valence electrons. The zero-order chi connectivity index (χ0) is 18.4. The quantitative estimate of drug-likeness (QED) is 0.827. The number of β-amino-alcohol motifs (C(OH)–C–C–N with tert-alkyl or cyclic N) is 1. The van der Waals surface area contributed by atoms with Gasteiger partial charge in [-0.2, -0.15) is 0 Å². The van der Waals surface area contributed by atoms with Crippen LogP contribution in [-0.2, 0) is 9.53 Å². The molecular weight excluding hydrogens is 332 g/mol. The minimum atomic E-state index is -0.527. The number of carbonyl (C=O) groups is 1. The minimum Gasteiger partial charge on any atom is -0.491 e. The number of aryl methyl sites for hydroxylation is 1. The molecule has 1 amide bonds. The lowest BCUT2D eigenvalue weighted by Gasteiger charge is -2.36. The summed E-state index contributed by atoms with van der Waals surface area (Å²) in [6, 6.07) is 7.83. The van der Waals surface area contributed by atoms with E-state index in [0.717, 1.165) is 37.2 Å². The molecule has 2 aliphatic rings. The van der Waals surface area contributed by atoms with Gasteiger partial charge in [-0.15, -0.1) is 0 Å². The molecule has 0 radical (unpaired) electrons. The number of ether oxygens (including phenoxy) is 2. The Morgan fingerprint density at radius 1 is 1.23 bits per heavy atom. The van der Waals surface area contributed by atoms with Crippen LogP contribution in [0.3, 0.4) is 0 Å². The molecule has 2 heterocycles. The van der Waals surface area contributed by atoms with Crippen LogP contribution < -0.4 is 4.74 Å². The summed E-state index contributed by atoms with van der Waals surface area (Å²) in [5, 5.41) is 10.3. The number of amides is 1. The average Bonchev–Trinajstić information content (AvgIpc) is 2.68. The van der Waals surface area contributed by atoms with Crippen LogP contribution in [0.2, 0.25) is 0 Å². The summed E-state index contributed by atoms with van der Waals surface area (Å²) < 4.78 is 11.0. The topological polar surface area (TPSA) is 62.2 Å². The summed E-state index contributed by atoms with van der Waals surface area (Å²) in [7, 11) is 0. The fourth-order valence-corrected chi connectivity index (χ4v) is 3.66. The van der Waals surface area contributed by atoms with Gasteiger partial charge in [-0.3, -0.25) is 4.79 Å². The van der Waals surface area contributed by atoms with Crippen LogP contribution >= 0.6 is 0 Å². The maximum Gasteiger partial charge on any atom is 0.225 e. The Balaban J connectivity index is 1.38. The molecule has 1 unspecified atom stereocenters. The van der Waals surface area contributed by atoms with Crippen molar-refractivity contribution in [3.63, 3.8) is 0 Å². The van der Waals surface area contributed by atoms with Crippen molar-refractivity contribution in [3.8, 4) is 5.75 Å². The van der Waals surface area contributed by atoms with Gasteiger partial charge in [0, 0.05) is 25.6 Å². The van der Waals surface area contributed by atoms with Crippen LogP contribution in [0.1, 0.15) is 18.4 Å². The summed E-state index contributed by atoms with van der Waals surface area (Å²) in [5.41, 5.74) is 1.07. The second-order valence-corrected chi connectivity index (χ2v) is 7.24. The van der Waals surface area contributed by atoms with Crippen LogP contribution in [0, 0.1) is 12.8 Å². The minimum absolute atomic E-state index is 0.115. The fraction of sp³-hybridized carbons (Fsp3) is 0.650. The first-order valence-electron chi connectivity index (χ1n) is 9.59. The molecule has 0 aromatic heterocycles. The Morgan fingerprint density at radius 3 is 2.62 bits per heavy atom. The van der Waals surface area contributed by atoms with Crippen molar-refractivity contribution in [1.29, 1.82) is 0 Å². The Morgan fingerprint density at radius 2 is 1.92 bits per heavy atom. The van der Waals surface area contributed by atoms with E-state index < -0.39 is 6.10 Å². The van der Waals surface area contributed by atoms with Crippen molar-refractivity contribution < 1.29 is 19.4 Å².